The molecular formula is C26H33N5O4. The van der Waals surface area contributed by atoms with Crippen molar-refractivity contribution in [3.05, 3.63) is 64.5 Å². The van der Waals surface area contributed by atoms with Crippen molar-refractivity contribution >= 4 is 22.9 Å². The molecular weight excluding hydrogens is 446 g/mol. The van der Waals surface area contributed by atoms with E-state index in [9.17, 15) is 14.4 Å². The molecule has 2 aromatic heterocycles. The summed E-state index contributed by atoms with van der Waals surface area (Å²) < 4.78 is 7.50. The summed E-state index contributed by atoms with van der Waals surface area (Å²) in [5, 5.41) is 0.525. The number of benzene rings is 1. The quantitative estimate of drug-likeness (QED) is 0.597. The lowest BCUT2D eigenvalue weighted by Crippen LogP contribution is -2.42. The highest BCUT2D eigenvalue weighted by Crippen LogP contribution is 2.26. The van der Waals surface area contributed by atoms with Gasteiger partial charge in [0.05, 0.1) is 17.4 Å². The van der Waals surface area contributed by atoms with Gasteiger partial charge in [-0.15, -0.1) is 0 Å². The summed E-state index contributed by atoms with van der Waals surface area (Å²) in [5.41, 5.74) is 0.455. The number of nitrogens with one attached hydrogen (secondary N) is 1. The van der Waals surface area contributed by atoms with Crippen molar-refractivity contribution < 1.29 is 14.3 Å². The molecule has 1 saturated heterocycles. The number of carbonyl (C=O) groups is 2. The molecule has 35 heavy (non-hydrogen) atoms. The first-order valence-electron chi connectivity index (χ1n) is 12.1. The summed E-state index contributed by atoms with van der Waals surface area (Å²) in [6.45, 7) is 9.31. The minimum absolute atomic E-state index is 0.111. The molecule has 4 rings (SSSR count). The second kappa shape index (κ2) is 9.93. The molecule has 9 nitrogen and oxygen atoms in total. The third-order valence-electron chi connectivity index (χ3n) is 6.18. The topological polar surface area (TPSA) is 101 Å². The van der Waals surface area contributed by atoms with Gasteiger partial charge in [0, 0.05) is 31.9 Å². The molecule has 0 spiro atoms. The average molecular weight is 480 g/mol. The second-order valence-corrected chi connectivity index (χ2v) is 9.85. The molecule has 0 unspecified atom stereocenters. The molecule has 186 valence electrons. The molecule has 1 aliphatic rings. The van der Waals surface area contributed by atoms with Crippen molar-refractivity contribution in [3.63, 3.8) is 0 Å². The Kier molecular flexibility index (Phi) is 6.95. The molecule has 1 N–H and O–H groups in total. The standard InChI is InChI=1S/C26H33N5O4/c1-5-29(17-22-27-20-10-7-6-9-19(20)23(32)28-22)24(33)21-11-8-14-31(21)18-12-15-30(16-13-18)25(34)35-26(2,3)4/h6-11,14,18H,5,12-13,15-17H2,1-4H3,(H,27,28,32). The van der Waals surface area contributed by atoms with Crippen LogP contribution < -0.4 is 5.56 Å². The van der Waals surface area contributed by atoms with Crippen LogP contribution in [-0.2, 0) is 11.3 Å². The van der Waals surface area contributed by atoms with Gasteiger partial charge in [0.1, 0.15) is 17.1 Å². The number of ether oxygens (including phenoxy) is 1. The predicted molar refractivity (Wildman–Crippen MR) is 133 cm³/mol. The van der Waals surface area contributed by atoms with Gasteiger partial charge in [-0.2, -0.15) is 0 Å². The number of piperidine rings is 1. The molecule has 0 bridgehead atoms. The van der Waals surface area contributed by atoms with E-state index in [1.807, 2.05) is 56.7 Å². The maximum absolute atomic E-state index is 13.5. The van der Waals surface area contributed by atoms with Gasteiger partial charge in [-0.1, -0.05) is 12.1 Å². The minimum atomic E-state index is -0.526. The maximum Gasteiger partial charge on any atom is 0.410 e. The Labute approximate surface area is 204 Å². The van der Waals surface area contributed by atoms with Crippen LogP contribution in [-0.4, -0.2) is 61.6 Å². The molecule has 1 aliphatic heterocycles. The number of aromatic nitrogens is 3. The van der Waals surface area contributed by atoms with Crippen LogP contribution >= 0.6 is 0 Å². The molecule has 0 radical (unpaired) electrons. The first kappa shape index (κ1) is 24.5. The third-order valence-corrected chi connectivity index (χ3v) is 6.18. The van der Waals surface area contributed by atoms with Crippen molar-refractivity contribution in [1.82, 2.24) is 24.3 Å². The average Bonchev–Trinajstić information content (AvgIpc) is 3.31. The van der Waals surface area contributed by atoms with Crippen LogP contribution in [0.1, 0.15) is 62.9 Å². The van der Waals surface area contributed by atoms with Gasteiger partial charge in [0.25, 0.3) is 11.5 Å². The maximum atomic E-state index is 13.5. The van der Waals surface area contributed by atoms with Crippen molar-refractivity contribution in [1.29, 1.82) is 0 Å². The Morgan fingerprint density at radius 1 is 1.14 bits per heavy atom. The number of aromatic amines is 1. The zero-order valence-corrected chi connectivity index (χ0v) is 20.8. The smallest absolute Gasteiger partial charge is 0.410 e. The second-order valence-electron chi connectivity index (χ2n) is 9.85. The van der Waals surface area contributed by atoms with Gasteiger partial charge in [0.2, 0.25) is 0 Å². The molecule has 3 aromatic rings. The van der Waals surface area contributed by atoms with Gasteiger partial charge in [-0.05, 0) is 64.8 Å². The number of H-pyrrole nitrogens is 1. The Morgan fingerprint density at radius 3 is 2.54 bits per heavy atom. The third kappa shape index (κ3) is 5.55. The van der Waals surface area contributed by atoms with Crippen LogP contribution in [0.2, 0.25) is 0 Å². The fraction of sp³-hybridized carbons (Fsp3) is 0.462. The highest BCUT2D eigenvalue weighted by Gasteiger charge is 2.29. The first-order valence-corrected chi connectivity index (χ1v) is 12.1. The number of fused-ring (bicyclic) bond motifs is 1. The molecule has 9 heteroatoms. The zero-order valence-electron chi connectivity index (χ0n) is 20.8. The van der Waals surface area contributed by atoms with E-state index in [1.165, 1.54) is 0 Å². The minimum Gasteiger partial charge on any atom is -0.444 e. The highest BCUT2D eigenvalue weighted by molar-refractivity contribution is 5.92. The number of carbonyl (C=O) groups excluding carboxylic acids is 2. The number of hydrogen-bond donors (Lipinski definition) is 1. The summed E-state index contributed by atoms with van der Waals surface area (Å²) in [6.07, 6.45) is 3.10. The summed E-state index contributed by atoms with van der Waals surface area (Å²) in [4.78, 5) is 49.1. The fourth-order valence-corrected chi connectivity index (χ4v) is 4.43. The lowest BCUT2D eigenvalue weighted by Gasteiger charge is -2.34. The summed E-state index contributed by atoms with van der Waals surface area (Å²) in [5.74, 6) is 0.329. The number of para-hydroxylation sites is 1. The number of hydrogen-bond acceptors (Lipinski definition) is 5. The van der Waals surface area contributed by atoms with E-state index in [0.717, 1.165) is 12.8 Å². The van der Waals surface area contributed by atoms with E-state index in [0.29, 0.717) is 42.1 Å². The molecule has 1 fully saturated rings. The first-order chi connectivity index (χ1) is 16.7. The Morgan fingerprint density at radius 2 is 1.86 bits per heavy atom. The van der Waals surface area contributed by atoms with Crippen LogP contribution in [0, 0.1) is 0 Å². The van der Waals surface area contributed by atoms with Gasteiger partial charge in [-0.3, -0.25) is 9.59 Å². The number of rotatable bonds is 5. The van der Waals surface area contributed by atoms with Gasteiger partial charge < -0.3 is 24.1 Å². The van der Waals surface area contributed by atoms with E-state index < -0.39 is 5.60 Å². The van der Waals surface area contributed by atoms with Crippen molar-refractivity contribution in [3.8, 4) is 0 Å². The zero-order chi connectivity index (χ0) is 25.2. The Balaban J connectivity index is 1.46. The fourth-order valence-electron chi connectivity index (χ4n) is 4.43. The summed E-state index contributed by atoms with van der Waals surface area (Å²) >= 11 is 0. The number of likely N-dealkylation sites (tertiary alicyclic amines) is 1. The summed E-state index contributed by atoms with van der Waals surface area (Å²) in [7, 11) is 0. The molecule has 0 atom stereocenters. The largest absolute Gasteiger partial charge is 0.444 e. The Hall–Kier alpha value is -3.62. The van der Waals surface area contributed by atoms with Crippen LogP contribution in [0.15, 0.2) is 47.4 Å². The molecule has 1 aromatic carbocycles. The van der Waals surface area contributed by atoms with Crippen molar-refractivity contribution in [2.24, 2.45) is 0 Å². The van der Waals surface area contributed by atoms with Crippen LogP contribution in [0.4, 0.5) is 4.79 Å². The molecule has 0 aliphatic carbocycles. The van der Waals surface area contributed by atoms with E-state index in [1.54, 1.807) is 28.0 Å². The molecule has 3 heterocycles. The monoisotopic (exact) mass is 479 g/mol. The Bertz CT molecular complexity index is 1260. The van der Waals surface area contributed by atoms with E-state index in [4.69, 9.17) is 4.74 Å². The van der Waals surface area contributed by atoms with E-state index in [-0.39, 0.29) is 30.1 Å². The van der Waals surface area contributed by atoms with Gasteiger partial charge >= 0.3 is 6.09 Å². The van der Waals surface area contributed by atoms with Crippen LogP contribution in [0.3, 0.4) is 0 Å². The summed E-state index contributed by atoms with van der Waals surface area (Å²) in [6, 6.07) is 11.0. The van der Waals surface area contributed by atoms with Gasteiger partial charge in [-0.25, -0.2) is 9.78 Å². The van der Waals surface area contributed by atoms with Crippen molar-refractivity contribution in [2.75, 3.05) is 19.6 Å². The normalized spacial score (nSPS) is 14.8. The van der Waals surface area contributed by atoms with Crippen LogP contribution in [0.25, 0.3) is 10.9 Å². The van der Waals surface area contributed by atoms with Crippen molar-refractivity contribution in [2.45, 2.75) is 58.7 Å². The molecule has 0 saturated carbocycles. The molecule has 2 amide bonds. The van der Waals surface area contributed by atoms with Gasteiger partial charge in [0.15, 0.2) is 0 Å². The van der Waals surface area contributed by atoms with E-state index >= 15 is 0 Å². The lowest BCUT2D eigenvalue weighted by molar-refractivity contribution is 0.0186. The highest BCUT2D eigenvalue weighted by atomic mass is 16.6. The number of nitrogens with zero attached hydrogens (tertiary/aromatic N) is 4. The van der Waals surface area contributed by atoms with E-state index in [2.05, 4.69) is 9.97 Å². The van der Waals surface area contributed by atoms with Crippen LogP contribution in [0.5, 0.6) is 0 Å². The predicted octanol–water partition coefficient (Wildman–Crippen LogP) is 3.96. The number of amides is 2. The lowest BCUT2D eigenvalue weighted by atomic mass is 10.0. The SMILES string of the molecule is CCN(Cc1nc2ccccc2c(=O)[nH]1)C(=O)c1cccn1C1CCN(C(=O)OC(C)(C)C)CC1.